The lowest BCUT2D eigenvalue weighted by molar-refractivity contribution is -0.145. The van der Waals surface area contributed by atoms with Crippen LogP contribution in [-0.4, -0.2) is 70.2 Å². The van der Waals surface area contributed by atoms with Gasteiger partial charge < -0.3 is 19.5 Å². The van der Waals surface area contributed by atoms with Crippen LogP contribution in [0.5, 0.6) is 5.75 Å². The van der Waals surface area contributed by atoms with Crippen molar-refractivity contribution in [2.24, 2.45) is 17.8 Å². The van der Waals surface area contributed by atoms with Gasteiger partial charge in [0.05, 0.1) is 20.3 Å². The summed E-state index contributed by atoms with van der Waals surface area (Å²) in [6.45, 7) is 0.878. The Morgan fingerprint density at radius 2 is 1.75 bits per heavy atom. The number of nitrogens with zero attached hydrogens (tertiary/aromatic N) is 1. The summed E-state index contributed by atoms with van der Waals surface area (Å²) < 4.78 is 43.3. The van der Waals surface area contributed by atoms with Crippen molar-refractivity contribution in [3.8, 4) is 5.75 Å². The minimum atomic E-state index is -3.78. The van der Waals surface area contributed by atoms with Crippen LogP contribution >= 0.6 is 0 Å². The molecule has 6 rings (SSSR count). The number of esters is 1. The van der Waals surface area contributed by atoms with E-state index in [0.717, 1.165) is 19.3 Å². The molecule has 1 amide bonds. The smallest absolute Gasteiger partial charge is 0.331 e. The third-order valence-corrected chi connectivity index (χ3v) is 9.90. The fourth-order valence-electron chi connectivity index (χ4n) is 6.87. The molecule has 196 valence electrons. The van der Waals surface area contributed by atoms with Gasteiger partial charge in [-0.15, -0.1) is 0 Å². The fraction of sp³-hybridized carbons (Fsp3) is 0.615. The van der Waals surface area contributed by atoms with Crippen LogP contribution in [0, 0.1) is 17.8 Å². The van der Waals surface area contributed by atoms with Gasteiger partial charge in [0, 0.05) is 24.7 Å². The van der Waals surface area contributed by atoms with Crippen molar-refractivity contribution < 1.29 is 32.2 Å². The molecule has 4 bridgehead atoms. The Bertz CT molecular complexity index is 1110. The molecule has 0 aromatic heterocycles. The highest BCUT2D eigenvalue weighted by Crippen LogP contribution is 2.55. The van der Waals surface area contributed by atoms with Crippen molar-refractivity contribution in [3.63, 3.8) is 0 Å². The fourth-order valence-corrected chi connectivity index (χ4v) is 8.47. The number of morpholine rings is 1. The summed E-state index contributed by atoms with van der Waals surface area (Å²) in [6, 6.07) is 4.67. The van der Waals surface area contributed by atoms with Crippen molar-refractivity contribution >= 4 is 28.0 Å². The molecule has 1 heterocycles. The second kappa shape index (κ2) is 10.1. The number of sulfonamides is 1. The summed E-state index contributed by atoms with van der Waals surface area (Å²) in [5, 5.41) is 3.19. The minimum absolute atomic E-state index is 0.0253. The van der Waals surface area contributed by atoms with Gasteiger partial charge in [0.2, 0.25) is 10.0 Å². The highest BCUT2D eigenvalue weighted by Gasteiger charge is 2.51. The maximum atomic E-state index is 13.1. The van der Waals surface area contributed by atoms with Gasteiger partial charge in [0.25, 0.3) is 5.91 Å². The number of hydrogen-bond donors (Lipinski definition) is 1. The summed E-state index contributed by atoms with van der Waals surface area (Å²) in [6.07, 6.45) is 9.63. The van der Waals surface area contributed by atoms with Gasteiger partial charge in [0.15, 0.2) is 6.61 Å². The van der Waals surface area contributed by atoms with E-state index in [2.05, 4.69) is 5.32 Å². The van der Waals surface area contributed by atoms with Crippen molar-refractivity contribution in [3.05, 3.63) is 29.8 Å². The predicted molar refractivity (Wildman–Crippen MR) is 132 cm³/mol. The molecule has 1 saturated heterocycles. The third-order valence-electron chi connectivity index (χ3n) is 7.98. The molecule has 0 spiro atoms. The number of carbonyl (C=O) groups excluding carboxylic acids is 2. The number of methoxy groups -OCH3 is 1. The van der Waals surface area contributed by atoms with Crippen molar-refractivity contribution in [2.45, 2.75) is 49.0 Å². The zero-order valence-corrected chi connectivity index (χ0v) is 21.4. The van der Waals surface area contributed by atoms with E-state index >= 15 is 0 Å². The lowest BCUT2D eigenvalue weighted by Gasteiger charge is -2.56. The summed E-state index contributed by atoms with van der Waals surface area (Å²) in [5.41, 5.74) is 0.372. The van der Waals surface area contributed by atoms with Crippen LogP contribution in [0.4, 0.5) is 0 Å². The first kappa shape index (κ1) is 25.2. The predicted octanol–water partition coefficient (Wildman–Crippen LogP) is 2.36. The van der Waals surface area contributed by atoms with Crippen LogP contribution in [0.25, 0.3) is 6.08 Å². The Kier molecular flexibility index (Phi) is 7.11. The number of ether oxygens (including phenoxy) is 3. The van der Waals surface area contributed by atoms with E-state index in [1.807, 2.05) is 0 Å². The minimum Gasteiger partial charge on any atom is -0.495 e. The third kappa shape index (κ3) is 5.31. The highest BCUT2D eigenvalue weighted by molar-refractivity contribution is 7.89. The number of benzene rings is 1. The molecule has 0 unspecified atom stereocenters. The molecule has 5 fully saturated rings. The summed E-state index contributed by atoms with van der Waals surface area (Å²) >= 11 is 0. The SMILES string of the molecule is COc1ccc(/C=C/C(=O)OCC(=O)NC23CC4CC(CC(C4)C2)C3)cc1S(=O)(=O)N1CCOCC1. The average molecular weight is 519 g/mol. The molecule has 1 aromatic carbocycles. The van der Waals surface area contributed by atoms with Gasteiger partial charge in [-0.3, -0.25) is 4.79 Å². The Balaban J connectivity index is 1.18. The maximum absolute atomic E-state index is 13.1. The number of hydrogen-bond acceptors (Lipinski definition) is 7. The van der Waals surface area contributed by atoms with E-state index < -0.39 is 16.0 Å². The van der Waals surface area contributed by atoms with Gasteiger partial charge in [-0.1, -0.05) is 6.07 Å². The topological polar surface area (TPSA) is 111 Å². The van der Waals surface area contributed by atoms with Crippen LogP contribution < -0.4 is 10.1 Å². The van der Waals surface area contributed by atoms with Crippen molar-refractivity contribution in [1.82, 2.24) is 9.62 Å². The van der Waals surface area contributed by atoms with E-state index in [1.54, 1.807) is 12.1 Å². The van der Waals surface area contributed by atoms with Gasteiger partial charge in [0.1, 0.15) is 10.6 Å². The maximum Gasteiger partial charge on any atom is 0.331 e. The van der Waals surface area contributed by atoms with E-state index in [-0.39, 0.29) is 41.8 Å². The first-order valence-electron chi connectivity index (χ1n) is 12.7. The molecular formula is C26H34N2O7S. The van der Waals surface area contributed by atoms with Crippen molar-refractivity contribution in [2.75, 3.05) is 40.0 Å². The number of amides is 1. The Morgan fingerprint density at radius 3 is 2.36 bits per heavy atom. The van der Waals surface area contributed by atoms with E-state index in [9.17, 15) is 18.0 Å². The van der Waals surface area contributed by atoms with Gasteiger partial charge in [-0.05, 0) is 80.1 Å². The molecule has 10 heteroatoms. The molecule has 36 heavy (non-hydrogen) atoms. The number of rotatable bonds is 8. The Labute approximate surface area is 212 Å². The molecule has 4 aliphatic carbocycles. The molecule has 5 aliphatic rings. The summed E-state index contributed by atoms with van der Waals surface area (Å²) in [5.74, 6) is 1.43. The lowest BCUT2D eigenvalue weighted by Crippen LogP contribution is -2.60. The zero-order chi connectivity index (χ0) is 25.3. The van der Waals surface area contributed by atoms with E-state index in [4.69, 9.17) is 14.2 Å². The monoisotopic (exact) mass is 518 g/mol. The second-order valence-electron chi connectivity index (χ2n) is 10.6. The zero-order valence-electron chi connectivity index (χ0n) is 20.6. The van der Waals surface area contributed by atoms with Crippen LogP contribution in [0.2, 0.25) is 0 Å². The molecule has 0 radical (unpaired) electrons. The normalized spacial score (nSPS) is 29.9. The standard InChI is InChI=1S/C26H34N2O7S/c1-33-22-4-2-18(13-23(22)36(31,32)28-6-8-34-9-7-28)3-5-25(30)35-17-24(29)27-26-14-19-10-20(15-26)12-21(11-19)16-26/h2-5,13,19-21H,6-12,14-17H2,1H3,(H,27,29)/b5-3+. The first-order chi connectivity index (χ1) is 17.3. The average Bonchev–Trinajstić information content (AvgIpc) is 2.85. The second-order valence-corrected chi connectivity index (χ2v) is 12.5. The van der Waals surface area contributed by atoms with E-state index in [1.165, 1.54) is 48.9 Å². The molecule has 4 saturated carbocycles. The van der Waals surface area contributed by atoms with Crippen LogP contribution in [0.3, 0.4) is 0 Å². The Hall–Kier alpha value is -2.43. The largest absolute Gasteiger partial charge is 0.495 e. The van der Waals surface area contributed by atoms with Gasteiger partial charge >= 0.3 is 5.97 Å². The first-order valence-corrected chi connectivity index (χ1v) is 14.1. The quantitative estimate of drug-likeness (QED) is 0.415. The Morgan fingerprint density at radius 1 is 1.11 bits per heavy atom. The number of nitrogens with one attached hydrogen (secondary N) is 1. The lowest BCUT2D eigenvalue weighted by atomic mass is 9.53. The molecule has 1 aliphatic heterocycles. The molecule has 1 aromatic rings. The van der Waals surface area contributed by atoms with Crippen molar-refractivity contribution in [1.29, 1.82) is 0 Å². The summed E-state index contributed by atoms with van der Waals surface area (Å²) in [4.78, 5) is 24.9. The summed E-state index contributed by atoms with van der Waals surface area (Å²) in [7, 11) is -2.37. The van der Waals surface area contributed by atoms with Crippen LogP contribution in [0.15, 0.2) is 29.2 Å². The van der Waals surface area contributed by atoms with E-state index in [0.29, 0.717) is 36.5 Å². The van der Waals surface area contributed by atoms with Crippen LogP contribution in [0.1, 0.15) is 44.1 Å². The highest BCUT2D eigenvalue weighted by atomic mass is 32.2. The van der Waals surface area contributed by atoms with Crippen LogP contribution in [-0.2, 0) is 29.1 Å². The molecular weight excluding hydrogens is 484 g/mol. The van der Waals surface area contributed by atoms with Gasteiger partial charge in [-0.25, -0.2) is 13.2 Å². The number of carbonyl (C=O) groups is 2. The van der Waals surface area contributed by atoms with Gasteiger partial charge in [-0.2, -0.15) is 4.31 Å². The molecule has 1 N–H and O–H groups in total. The molecule has 0 atom stereocenters. The molecule has 9 nitrogen and oxygen atoms in total.